The number of benzene rings is 2. The first kappa shape index (κ1) is 35.2. The Morgan fingerprint density at radius 1 is 0.840 bits per heavy atom. The summed E-state index contributed by atoms with van der Waals surface area (Å²) in [5.74, 6) is 0.638. The number of amides is 3. The van der Waals surface area contributed by atoms with E-state index < -0.39 is 11.2 Å². The summed E-state index contributed by atoms with van der Waals surface area (Å²) in [6, 6.07) is 20.6. The number of ether oxygens (including phenoxy) is 2. The van der Waals surface area contributed by atoms with E-state index in [1.165, 1.54) is 0 Å². The molecular formula is C40H51N5O5. The molecule has 3 fully saturated rings. The first-order chi connectivity index (χ1) is 23.9. The van der Waals surface area contributed by atoms with Crippen molar-refractivity contribution in [2.75, 3.05) is 44.2 Å². The van der Waals surface area contributed by atoms with Gasteiger partial charge in [0.25, 0.3) is 5.91 Å². The molecule has 0 spiro atoms. The number of rotatable bonds is 9. The molecule has 10 heteroatoms. The molecule has 3 aliphatic rings. The van der Waals surface area contributed by atoms with E-state index in [1.54, 1.807) is 29.8 Å². The summed E-state index contributed by atoms with van der Waals surface area (Å²) in [6.07, 6.45) is 7.21. The molecule has 3 aromatic rings. The Kier molecular flexibility index (Phi) is 10.4. The van der Waals surface area contributed by atoms with Gasteiger partial charge in [0.2, 0.25) is 5.91 Å². The first-order valence-corrected chi connectivity index (χ1v) is 18.0. The summed E-state index contributed by atoms with van der Waals surface area (Å²) in [7, 11) is 0. The van der Waals surface area contributed by atoms with E-state index in [1.807, 2.05) is 57.3 Å². The fraction of sp³-hybridized carbons (Fsp3) is 0.500. The molecule has 266 valence electrons. The minimum Gasteiger partial charge on any atom is -0.478 e. The summed E-state index contributed by atoms with van der Waals surface area (Å²) in [5, 5.41) is 0. The maximum atomic E-state index is 14.0. The van der Waals surface area contributed by atoms with Gasteiger partial charge in [-0.1, -0.05) is 36.4 Å². The number of carbonyl (C=O) groups excluding carboxylic acids is 3. The lowest BCUT2D eigenvalue weighted by Gasteiger charge is -2.39. The predicted molar refractivity (Wildman–Crippen MR) is 194 cm³/mol. The monoisotopic (exact) mass is 681 g/mol. The van der Waals surface area contributed by atoms with Gasteiger partial charge in [0.1, 0.15) is 11.4 Å². The molecule has 0 radical (unpaired) electrons. The summed E-state index contributed by atoms with van der Waals surface area (Å²) < 4.78 is 11.8. The van der Waals surface area contributed by atoms with Crippen LogP contribution in [0.2, 0.25) is 0 Å². The normalized spacial score (nSPS) is 18.4. The van der Waals surface area contributed by atoms with Crippen LogP contribution in [-0.4, -0.2) is 94.1 Å². The molecule has 0 N–H and O–H groups in total. The van der Waals surface area contributed by atoms with Crippen molar-refractivity contribution in [3.05, 3.63) is 78.6 Å². The maximum absolute atomic E-state index is 14.0. The van der Waals surface area contributed by atoms with Crippen molar-refractivity contribution in [2.24, 2.45) is 5.92 Å². The minimum atomic E-state index is -1.10. The van der Waals surface area contributed by atoms with Crippen LogP contribution in [-0.2, 0) is 20.9 Å². The van der Waals surface area contributed by atoms with Crippen molar-refractivity contribution < 1.29 is 23.9 Å². The Balaban J connectivity index is 1.05. The Bertz CT molecular complexity index is 1640. The topological polar surface area (TPSA) is 95.5 Å². The molecular weight excluding hydrogens is 630 g/mol. The average molecular weight is 682 g/mol. The quantitative estimate of drug-likeness (QED) is 0.258. The van der Waals surface area contributed by atoms with Crippen LogP contribution in [0, 0.1) is 5.92 Å². The second-order valence-corrected chi connectivity index (χ2v) is 15.3. The molecule has 10 nitrogen and oxygen atoms in total. The number of pyridine rings is 1. The van der Waals surface area contributed by atoms with Gasteiger partial charge in [0.05, 0.1) is 5.92 Å². The van der Waals surface area contributed by atoms with Gasteiger partial charge in [-0.3, -0.25) is 14.6 Å². The largest absolute Gasteiger partial charge is 0.478 e. The van der Waals surface area contributed by atoms with E-state index in [4.69, 9.17) is 9.47 Å². The van der Waals surface area contributed by atoms with E-state index in [0.717, 1.165) is 54.6 Å². The number of hydrogen-bond acceptors (Lipinski definition) is 7. The lowest BCUT2D eigenvalue weighted by atomic mass is 9.95. The van der Waals surface area contributed by atoms with Crippen molar-refractivity contribution in [1.82, 2.24) is 19.7 Å². The van der Waals surface area contributed by atoms with Crippen molar-refractivity contribution in [2.45, 2.75) is 84.1 Å². The van der Waals surface area contributed by atoms with Crippen LogP contribution in [0.15, 0.2) is 73.1 Å². The number of nitrogens with zero attached hydrogens (tertiary/aromatic N) is 5. The lowest BCUT2D eigenvalue weighted by molar-refractivity contribution is -0.147. The molecule has 1 atom stereocenters. The molecule has 2 saturated heterocycles. The third-order valence-corrected chi connectivity index (χ3v) is 9.63. The summed E-state index contributed by atoms with van der Waals surface area (Å²) in [4.78, 5) is 52.1. The van der Waals surface area contributed by atoms with Gasteiger partial charge < -0.3 is 29.1 Å². The van der Waals surface area contributed by atoms with Gasteiger partial charge in [0.15, 0.2) is 5.60 Å². The van der Waals surface area contributed by atoms with Crippen LogP contribution in [0.5, 0.6) is 5.75 Å². The fourth-order valence-electron chi connectivity index (χ4n) is 6.84. The van der Waals surface area contributed by atoms with E-state index in [-0.39, 0.29) is 23.8 Å². The smallest absolute Gasteiger partial charge is 0.410 e. The van der Waals surface area contributed by atoms with Crippen molar-refractivity contribution in [3.63, 3.8) is 0 Å². The number of hydrogen-bond donors (Lipinski definition) is 0. The van der Waals surface area contributed by atoms with Gasteiger partial charge in [-0.15, -0.1) is 0 Å². The molecule has 1 aromatic heterocycles. The Labute approximate surface area is 296 Å². The van der Waals surface area contributed by atoms with Crippen molar-refractivity contribution in [1.29, 1.82) is 0 Å². The van der Waals surface area contributed by atoms with Crippen LogP contribution >= 0.6 is 0 Å². The van der Waals surface area contributed by atoms with Gasteiger partial charge in [-0.25, -0.2) is 4.79 Å². The summed E-state index contributed by atoms with van der Waals surface area (Å²) in [6.45, 7) is 12.9. The number of piperidine rings is 1. The van der Waals surface area contributed by atoms with E-state index in [0.29, 0.717) is 51.1 Å². The molecule has 3 heterocycles. The van der Waals surface area contributed by atoms with E-state index >= 15 is 0 Å². The zero-order valence-corrected chi connectivity index (χ0v) is 30.1. The molecule has 2 aromatic carbocycles. The van der Waals surface area contributed by atoms with Crippen molar-refractivity contribution in [3.8, 4) is 16.9 Å². The Hall–Kier alpha value is -4.60. The number of aromatic nitrogens is 1. The van der Waals surface area contributed by atoms with Gasteiger partial charge in [-0.05, 0) is 95.2 Å². The maximum Gasteiger partial charge on any atom is 0.410 e. The Morgan fingerprint density at radius 2 is 1.56 bits per heavy atom. The van der Waals surface area contributed by atoms with Crippen LogP contribution < -0.4 is 9.64 Å². The lowest BCUT2D eigenvalue weighted by Crippen LogP contribution is -2.57. The SMILES string of the molecule is CC(C)(C)OC(=O)N1CCN(C(=O)C(C)(C)Oc2cccc(N3CCC[C@@H](C(=O)N(Cc4ccc(-c5cccnc5)cc4)C4CC4)C3)c2)CC1. The highest BCUT2D eigenvalue weighted by Gasteiger charge is 2.39. The van der Waals surface area contributed by atoms with Crippen LogP contribution in [0.25, 0.3) is 11.1 Å². The molecule has 0 bridgehead atoms. The molecule has 2 aliphatic heterocycles. The molecule has 6 rings (SSSR count). The zero-order valence-electron chi connectivity index (χ0n) is 30.1. The van der Waals surface area contributed by atoms with Crippen molar-refractivity contribution >= 4 is 23.6 Å². The molecule has 0 unspecified atom stereocenters. The van der Waals surface area contributed by atoms with Gasteiger partial charge in [-0.2, -0.15) is 0 Å². The first-order valence-electron chi connectivity index (χ1n) is 18.0. The highest BCUT2D eigenvalue weighted by molar-refractivity contribution is 5.85. The van der Waals surface area contributed by atoms with E-state index in [9.17, 15) is 14.4 Å². The average Bonchev–Trinajstić information content (AvgIpc) is 3.96. The predicted octanol–water partition coefficient (Wildman–Crippen LogP) is 6.39. The second-order valence-electron chi connectivity index (χ2n) is 15.3. The standard InChI is InChI=1S/C40H51N5O5/c1-39(2,3)50-38(48)43-23-21-42(22-24-43)37(47)40(4,5)49-35-12-6-11-34(25-35)44-20-8-10-32(28-44)36(46)45(33-17-18-33)27-29-13-15-30(16-14-29)31-9-7-19-41-26-31/h6-7,9,11-16,19,25-26,32-33H,8,10,17-18,20-24,27-28H2,1-5H3/t32-/m1/s1. The third kappa shape index (κ3) is 8.76. The van der Waals surface area contributed by atoms with Crippen LogP contribution in [0.4, 0.5) is 10.5 Å². The molecule has 50 heavy (non-hydrogen) atoms. The fourth-order valence-corrected chi connectivity index (χ4v) is 6.84. The number of anilines is 1. The van der Waals surface area contributed by atoms with Gasteiger partial charge >= 0.3 is 6.09 Å². The van der Waals surface area contributed by atoms with E-state index in [2.05, 4.69) is 45.1 Å². The summed E-state index contributed by atoms with van der Waals surface area (Å²) >= 11 is 0. The molecule has 1 saturated carbocycles. The highest BCUT2D eigenvalue weighted by atomic mass is 16.6. The van der Waals surface area contributed by atoms with Crippen LogP contribution in [0.3, 0.4) is 0 Å². The third-order valence-electron chi connectivity index (χ3n) is 9.63. The second kappa shape index (κ2) is 14.7. The zero-order chi connectivity index (χ0) is 35.5. The van der Waals surface area contributed by atoms with Gasteiger partial charge in [0, 0.05) is 76.0 Å². The minimum absolute atomic E-state index is 0.0824. The summed E-state index contributed by atoms with van der Waals surface area (Å²) in [5.41, 5.74) is 2.65. The highest BCUT2D eigenvalue weighted by Crippen LogP contribution is 2.34. The molecule has 1 aliphatic carbocycles. The number of carbonyl (C=O) groups is 3. The van der Waals surface area contributed by atoms with Crippen LogP contribution in [0.1, 0.15) is 65.9 Å². The molecule has 3 amide bonds. The Morgan fingerprint density at radius 3 is 2.22 bits per heavy atom. The number of piperazine rings is 1.